The molecule has 114 valence electrons. The van der Waals surface area contributed by atoms with Gasteiger partial charge in [0.25, 0.3) is 5.56 Å². The van der Waals surface area contributed by atoms with Crippen LogP contribution in [-0.2, 0) is 6.54 Å². The van der Waals surface area contributed by atoms with Crippen LogP contribution >= 0.6 is 11.3 Å². The van der Waals surface area contributed by atoms with Gasteiger partial charge in [-0.3, -0.25) is 14.3 Å². The first-order valence-corrected chi connectivity index (χ1v) is 8.45. The summed E-state index contributed by atoms with van der Waals surface area (Å²) in [6.07, 6.45) is 6.00. The fourth-order valence-electron chi connectivity index (χ4n) is 3.12. The summed E-state index contributed by atoms with van der Waals surface area (Å²) >= 11 is 1.46. The van der Waals surface area contributed by atoms with Gasteiger partial charge in [-0.15, -0.1) is 11.3 Å². The Morgan fingerprint density at radius 3 is 3.19 bits per heavy atom. The highest BCUT2D eigenvalue weighted by Crippen LogP contribution is 2.21. The van der Waals surface area contributed by atoms with Crippen molar-refractivity contribution in [3.8, 4) is 0 Å². The van der Waals surface area contributed by atoms with Gasteiger partial charge in [-0.2, -0.15) is 0 Å². The molecule has 3 heterocycles. The van der Waals surface area contributed by atoms with Gasteiger partial charge in [0.2, 0.25) is 0 Å². The first kappa shape index (κ1) is 14.7. The van der Waals surface area contributed by atoms with Gasteiger partial charge in [0, 0.05) is 25.7 Å². The van der Waals surface area contributed by atoms with Crippen molar-refractivity contribution in [3.05, 3.63) is 28.1 Å². The summed E-state index contributed by atoms with van der Waals surface area (Å²) in [5.41, 5.74) is 0.865. The molecule has 2 aromatic heterocycles. The van der Waals surface area contributed by atoms with E-state index in [4.69, 9.17) is 5.11 Å². The monoisotopic (exact) mass is 307 g/mol. The molecule has 1 saturated heterocycles. The molecule has 0 aromatic carbocycles. The standard InChI is InChI=1S/C15H21N3O2S/c19-9-2-4-12-3-1-6-17(12)7-8-18-11-16-13-5-10-21-14(13)15(18)20/h5,10-12,19H,1-4,6-9H2. The Morgan fingerprint density at radius 2 is 2.33 bits per heavy atom. The zero-order chi connectivity index (χ0) is 14.7. The third kappa shape index (κ3) is 3.17. The van der Waals surface area contributed by atoms with Crippen LogP contribution in [0.5, 0.6) is 0 Å². The van der Waals surface area contributed by atoms with E-state index < -0.39 is 0 Å². The molecule has 3 rings (SSSR count). The Labute approximate surface area is 127 Å². The highest BCUT2D eigenvalue weighted by atomic mass is 32.1. The van der Waals surface area contributed by atoms with Gasteiger partial charge in [-0.05, 0) is 43.7 Å². The van der Waals surface area contributed by atoms with Gasteiger partial charge in [-0.1, -0.05) is 0 Å². The minimum Gasteiger partial charge on any atom is -0.396 e. The summed E-state index contributed by atoms with van der Waals surface area (Å²) < 4.78 is 2.47. The average Bonchev–Trinajstić information content (AvgIpc) is 3.13. The van der Waals surface area contributed by atoms with Gasteiger partial charge in [-0.25, -0.2) is 4.98 Å². The lowest BCUT2D eigenvalue weighted by molar-refractivity contribution is 0.210. The van der Waals surface area contributed by atoms with Crippen molar-refractivity contribution in [1.82, 2.24) is 14.5 Å². The topological polar surface area (TPSA) is 58.4 Å². The van der Waals surface area contributed by atoms with Crippen molar-refractivity contribution in [1.29, 1.82) is 0 Å². The Bertz CT molecular complexity index is 652. The van der Waals surface area contributed by atoms with Crippen LogP contribution in [-0.4, -0.2) is 45.3 Å². The molecule has 2 aromatic rings. The summed E-state index contributed by atoms with van der Waals surface area (Å²) in [6, 6.07) is 2.45. The molecular weight excluding hydrogens is 286 g/mol. The minimum absolute atomic E-state index is 0.0705. The molecule has 0 spiro atoms. The smallest absolute Gasteiger partial charge is 0.271 e. The average molecular weight is 307 g/mol. The number of aliphatic hydroxyl groups is 1. The highest BCUT2D eigenvalue weighted by molar-refractivity contribution is 7.17. The Morgan fingerprint density at radius 1 is 1.43 bits per heavy atom. The van der Waals surface area contributed by atoms with Gasteiger partial charge in [0.05, 0.1) is 11.8 Å². The van der Waals surface area contributed by atoms with Gasteiger partial charge in [0.1, 0.15) is 4.70 Å². The van der Waals surface area contributed by atoms with E-state index in [1.807, 2.05) is 11.4 Å². The van der Waals surface area contributed by atoms with Crippen molar-refractivity contribution in [2.45, 2.75) is 38.3 Å². The molecule has 1 N–H and O–H groups in total. The predicted molar refractivity (Wildman–Crippen MR) is 84.8 cm³/mol. The summed E-state index contributed by atoms with van der Waals surface area (Å²) in [6.45, 7) is 2.94. The van der Waals surface area contributed by atoms with E-state index in [9.17, 15) is 4.79 Å². The quantitative estimate of drug-likeness (QED) is 0.882. The molecule has 1 unspecified atom stereocenters. The highest BCUT2D eigenvalue weighted by Gasteiger charge is 2.23. The van der Waals surface area contributed by atoms with Crippen LogP contribution in [0.15, 0.2) is 22.6 Å². The second kappa shape index (κ2) is 6.68. The van der Waals surface area contributed by atoms with Crippen LogP contribution in [0.1, 0.15) is 25.7 Å². The van der Waals surface area contributed by atoms with Crippen LogP contribution in [0, 0.1) is 0 Å². The second-order valence-electron chi connectivity index (χ2n) is 5.58. The molecule has 0 radical (unpaired) electrons. The third-order valence-corrected chi connectivity index (χ3v) is 5.15. The largest absolute Gasteiger partial charge is 0.396 e. The predicted octanol–water partition coefficient (Wildman–Crippen LogP) is 1.69. The normalized spacial score (nSPS) is 19.6. The number of hydrogen-bond donors (Lipinski definition) is 1. The molecule has 6 heteroatoms. The molecule has 1 atom stereocenters. The maximum Gasteiger partial charge on any atom is 0.271 e. The van der Waals surface area contributed by atoms with E-state index in [0.717, 1.165) is 36.1 Å². The molecule has 5 nitrogen and oxygen atoms in total. The van der Waals surface area contributed by atoms with E-state index in [1.165, 1.54) is 24.2 Å². The number of hydrogen-bond acceptors (Lipinski definition) is 5. The minimum atomic E-state index is 0.0705. The van der Waals surface area contributed by atoms with E-state index in [2.05, 4.69) is 9.88 Å². The fourth-order valence-corrected chi connectivity index (χ4v) is 3.91. The molecule has 0 aliphatic carbocycles. The van der Waals surface area contributed by atoms with E-state index in [1.54, 1.807) is 10.9 Å². The second-order valence-corrected chi connectivity index (χ2v) is 6.49. The van der Waals surface area contributed by atoms with Crippen LogP contribution in [0.2, 0.25) is 0 Å². The van der Waals surface area contributed by atoms with Crippen molar-refractivity contribution < 1.29 is 5.11 Å². The maximum absolute atomic E-state index is 12.3. The number of likely N-dealkylation sites (tertiary alicyclic amines) is 1. The SMILES string of the molecule is O=c1c2sccc2ncn1CCN1CCCC1CCCO. The lowest BCUT2D eigenvalue weighted by Crippen LogP contribution is -2.34. The molecule has 0 saturated carbocycles. The number of rotatable bonds is 6. The molecule has 1 aliphatic heterocycles. The number of aromatic nitrogens is 2. The van der Waals surface area contributed by atoms with Crippen LogP contribution in [0.25, 0.3) is 10.2 Å². The molecule has 0 amide bonds. The van der Waals surface area contributed by atoms with Crippen LogP contribution < -0.4 is 5.56 Å². The third-order valence-electron chi connectivity index (χ3n) is 4.26. The Balaban J connectivity index is 1.65. The number of nitrogens with zero attached hydrogens (tertiary/aromatic N) is 3. The van der Waals surface area contributed by atoms with Crippen LogP contribution in [0.4, 0.5) is 0 Å². The summed E-state index contributed by atoms with van der Waals surface area (Å²) in [5.74, 6) is 0. The van der Waals surface area contributed by atoms with Crippen molar-refractivity contribution in [2.24, 2.45) is 0 Å². The Kier molecular flexibility index (Phi) is 4.67. The van der Waals surface area contributed by atoms with E-state index in [0.29, 0.717) is 12.6 Å². The van der Waals surface area contributed by atoms with Gasteiger partial charge in [0.15, 0.2) is 0 Å². The molecular formula is C15H21N3O2S. The molecule has 1 aliphatic rings. The summed E-state index contributed by atoms with van der Waals surface area (Å²) in [7, 11) is 0. The van der Waals surface area contributed by atoms with E-state index >= 15 is 0 Å². The lowest BCUT2D eigenvalue weighted by Gasteiger charge is -2.24. The first-order valence-electron chi connectivity index (χ1n) is 7.57. The number of thiophene rings is 1. The Hall–Kier alpha value is -1.24. The summed E-state index contributed by atoms with van der Waals surface area (Å²) in [5, 5.41) is 10.9. The summed E-state index contributed by atoms with van der Waals surface area (Å²) in [4.78, 5) is 19.1. The zero-order valence-electron chi connectivity index (χ0n) is 12.1. The van der Waals surface area contributed by atoms with E-state index in [-0.39, 0.29) is 12.2 Å². The van der Waals surface area contributed by atoms with Gasteiger partial charge < -0.3 is 5.11 Å². The maximum atomic E-state index is 12.3. The van der Waals surface area contributed by atoms with Crippen molar-refractivity contribution in [2.75, 3.05) is 19.7 Å². The molecule has 21 heavy (non-hydrogen) atoms. The van der Waals surface area contributed by atoms with Crippen LogP contribution in [0.3, 0.4) is 0 Å². The fraction of sp³-hybridized carbons (Fsp3) is 0.600. The number of fused-ring (bicyclic) bond motifs is 1. The lowest BCUT2D eigenvalue weighted by atomic mass is 10.1. The van der Waals surface area contributed by atoms with Crippen molar-refractivity contribution >= 4 is 21.6 Å². The first-order chi connectivity index (χ1) is 10.3. The zero-order valence-corrected chi connectivity index (χ0v) is 12.9. The van der Waals surface area contributed by atoms with Gasteiger partial charge >= 0.3 is 0 Å². The molecule has 1 fully saturated rings. The number of aliphatic hydroxyl groups excluding tert-OH is 1. The molecule has 0 bridgehead atoms. The van der Waals surface area contributed by atoms with Crippen molar-refractivity contribution in [3.63, 3.8) is 0 Å².